The van der Waals surface area contributed by atoms with Crippen molar-refractivity contribution in [3.8, 4) is 0 Å². The molecular formula is C11H15N. The van der Waals surface area contributed by atoms with E-state index in [0.29, 0.717) is 0 Å². The van der Waals surface area contributed by atoms with E-state index >= 15 is 0 Å². The summed E-state index contributed by atoms with van der Waals surface area (Å²) in [5, 5.41) is 0. The van der Waals surface area contributed by atoms with Gasteiger partial charge in [0.1, 0.15) is 0 Å². The molecule has 0 unspecified atom stereocenters. The summed E-state index contributed by atoms with van der Waals surface area (Å²) < 4.78 is 0. The second kappa shape index (κ2) is 3.96. The maximum Gasteiger partial charge on any atom is -0.00269 e. The van der Waals surface area contributed by atoms with Gasteiger partial charge in [0.05, 0.1) is 0 Å². The molecule has 0 radical (unpaired) electrons. The normalized spacial score (nSPS) is 28.9. The number of hydrogen-bond donors (Lipinski definition) is 1. The van der Waals surface area contributed by atoms with Crippen molar-refractivity contribution in [1.82, 2.24) is 0 Å². The molecule has 0 aromatic heterocycles. The minimum atomic E-state index is 1.00. The summed E-state index contributed by atoms with van der Waals surface area (Å²) in [7, 11) is 0. The first-order valence-corrected chi connectivity index (χ1v) is 4.18. The van der Waals surface area contributed by atoms with Gasteiger partial charge in [-0.1, -0.05) is 30.4 Å². The molecule has 1 aliphatic carbocycles. The minimum Gasteiger partial charge on any atom is -0.404 e. The van der Waals surface area contributed by atoms with Gasteiger partial charge in [-0.3, -0.25) is 0 Å². The molecule has 2 N–H and O–H groups in total. The van der Waals surface area contributed by atoms with Crippen LogP contribution in [-0.4, -0.2) is 0 Å². The van der Waals surface area contributed by atoms with E-state index in [2.05, 4.69) is 25.7 Å². The molecule has 0 aromatic carbocycles. The van der Waals surface area contributed by atoms with Crippen LogP contribution in [0.2, 0.25) is 0 Å². The molecule has 0 bridgehead atoms. The van der Waals surface area contributed by atoms with Crippen LogP contribution < -0.4 is 5.73 Å². The van der Waals surface area contributed by atoms with Crippen LogP contribution in [-0.2, 0) is 0 Å². The number of rotatable bonds is 0. The molecule has 12 heavy (non-hydrogen) atoms. The van der Waals surface area contributed by atoms with Crippen LogP contribution in [0.5, 0.6) is 0 Å². The Labute approximate surface area is 74.0 Å². The highest BCUT2D eigenvalue weighted by molar-refractivity contribution is 5.36. The van der Waals surface area contributed by atoms with Gasteiger partial charge in [-0.15, -0.1) is 0 Å². The molecule has 1 nitrogen and oxygen atoms in total. The third kappa shape index (κ3) is 2.12. The Morgan fingerprint density at radius 3 is 2.92 bits per heavy atom. The second-order valence-corrected chi connectivity index (χ2v) is 3.06. The fraction of sp³-hybridized carbons (Fsp3) is 0.273. The average Bonchev–Trinajstić information content (AvgIpc) is 2.03. The predicted molar refractivity (Wildman–Crippen MR) is 53.5 cm³/mol. The molecule has 64 valence electrons. The molecule has 1 aliphatic rings. The maximum atomic E-state index is 5.50. The zero-order valence-electron chi connectivity index (χ0n) is 7.51. The Morgan fingerprint density at radius 1 is 1.50 bits per heavy atom. The summed E-state index contributed by atoms with van der Waals surface area (Å²) in [6.07, 6.45) is 9.85. The molecule has 0 saturated carbocycles. The monoisotopic (exact) mass is 161 g/mol. The van der Waals surface area contributed by atoms with Gasteiger partial charge in [-0.05, 0) is 37.1 Å². The summed E-state index contributed by atoms with van der Waals surface area (Å²) >= 11 is 0. The van der Waals surface area contributed by atoms with Gasteiger partial charge in [0.15, 0.2) is 0 Å². The van der Waals surface area contributed by atoms with Gasteiger partial charge in [0, 0.05) is 0 Å². The van der Waals surface area contributed by atoms with Crippen molar-refractivity contribution >= 4 is 0 Å². The molecule has 0 spiro atoms. The van der Waals surface area contributed by atoms with E-state index in [1.165, 1.54) is 11.1 Å². The second-order valence-electron chi connectivity index (χ2n) is 3.06. The Hall–Kier alpha value is -1.24. The van der Waals surface area contributed by atoms with Crippen molar-refractivity contribution in [2.45, 2.75) is 19.8 Å². The molecule has 0 aliphatic heterocycles. The minimum absolute atomic E-state index is 1.00. The van der Waals surface area contributed by atoms with Crippen LogP contribution >= 0.6 is 0 Å². The lowest BCUT2D eigenvalue weighted by molar-refractivity contribution is 0.946. The van der Waals surface area contributed by atoms with Crippen molar-refractivity contribution in [3.05, 3.63) is 47.7 Å². The predicted octanol–water partition coefficient (Wildman–Crippen LogP) is 2.68. The van der Waals surface area contributed by atoms with Gasteiger partial charge in [0.25, 0.3) is 0 Å². The van der Waals surface area contributed by atoms with Gasteiger partial charge in [-0.25, -0.2) is 0 Å². The molecule has 0 heterocycles. The summed E-state index contributed by atoms with van der Waals surface area (Å²) in [6.45, 7) is 6.01. The zero-order chi connectivity index (χ0) is 8.97. The summed E-state index contributed by atoms with van der Waals surface area (Å²) in [5.41, 5.74) is 9.14. The van der Waals surface area contributed by atoms with Crippen LogP contribution in [0, 0.1) is 0 Å². The van der Waals surface area contributed by atoms with E-state index in [1.807, 2.05) is 6.08 Å². The third-order valence-electron chi connectivity index (χ3n) is 2.10. The van der Waals surface area contributed by atoms with E-state index < -0.39 is 0 Å². The standard InChI is InChI=1S/C11H15N/c1-9-4-3-5-10(2)11(8-12)7-6-9/h3-5,8H,1,6-7,12H2,2H3/b4-3-,10-5-,11-8+. The number of hydrogen-bond acceptors (Lipinski definition) is 1. The molecule has 0 atom stereocenters. The van der Waals surface area contributed by atoms with E-state index in [1.54, 1.807) is 6.20 Å². The lowest BCUT2D eigenvalue weighted by atomic mass is 9.98. The maximum absolute atomic E-state index is 5.50. The first-order valence-electron chi connectivity index (χ1n) is 4.18. The first kappa shape index (κ1) is 8.85. The topological polar surface area (TPSA) is 26.0 Å². The van der Waals surface area contributed by atoms with E-state index in [4.69, 9.17) is 5.73 Å². The van der Waals surface area contributed by atoms with Crippen LogP contribution in [0.4, 0.5) is 0 Å². The molecular weight excluding hydrogens is 146 g/mol. The number of allylic oxidation sites excluding steroid dienone is 6. The van der Waals surface area contributed by atoms with Crippen LogP contribution in [0.15, 0.2) is 47.7 Å². The van der Waals surface area contributed by atoms with Crippen molar-refractivity contribution in [2.75, 3.05) is 0 Å². The van der Waals surface area contributed by atoms with Gasteiger partial charge >= 0.3 is 0 Å². The Kier molecular flexibility index (Phi) is 2.92. The largest absolute Gasteiger partial charge is 0.404 e. The highest BCUT2D eigenvalue weighted by atomic mass is 14.5. The van der Waals surface area contributed by atoms with Gasteiger partial charge in [0.2, 0.25) is 0 Å². The lowest BCUT2D eigenvalue weighted by Gasteiger charge is -2.09. The van der Waals surface area contributed by atoms with Gasteiger partial charge in [-0.2, -0.15) is 0 Å². The first-order chi connectivity index (χ1) is 5.74. The Balaban J connectivity index is 2.90. The molecule has 0 fully saturated rings. The van der Waals surface area contributed by atoms with Crippen molar-refractivity contribution in [1.29, 1.82) is 0 Å². The molecule has 0 saturated heterocycles. The Morgan fingerprint density at radius 2 is 2.25 bits per heavy atom. The highest BCUT2D eigenvalue weighted by Crippen LogP contribution is 2.20. The Bertz CT molecular complexity index is 267. The molecule has 1 rings (SSSR count). The van der Waals surface area contributed by atoms with Crippen LogP contribution in [0.25, 0.3) is 0 Å². The molecule has 0 amide bonds. The highest BCUT2D eigenvalue weighted by Gasteiger charge is 2.01. The fourth-order valence-corrected chi connectivity index (χ4v) is 1.23. The SMILES string of the molecule is C=C1\C=C/C=C(C)\C(=C\N)CC1. The van der Waals surface area contributed by atoms with E-state index in [0.717, 1.165) is 18.4 Å². The smallest absolute Gasteiger partial charge is 0.00269 e. The summed E-state index contributed by atoms with van der Waals surface area (Å²) in [4.78, 5) is 0. The van der Waals surface area contributed by atoms with Crippen LogP contribution in [0.1, 0.15) is 19.8 Å². The van der Waals surface area contributed by atoms with Crippen molar-refractivity contribution in [2.24, 2.45) is 5.73 Å². The zero-order valence-corrected chi connectivity index (χ0v) is 7.51. The quantitative estimate of drug-likeness (QED) is 0.580. The molecule has 1 heteroatoms. The summed E-state index contributed by atoms with van der Waals surface area (Å²) in [5.74, 6) is 0. The molecule has 0 aromatic rings. The summed E-state index contributed by atoms with van der Waals surface area (Å²) in [6, 6.07) is 0. The third-order valence-corrected chi connectivity index (χ3v) is 2.10. The van der Waals surface area contributed by atoms with E-state index in [-0.39, 0.29) is 0 Å². The van der Waals surface area contributed by atoms with Crippen LogP contribution in [0.3, 0.4) is 0 Å². The fourth-order valence-electron chi connectivity index (χ4n) is 1.23. The lowest BCUT2D eigenvalue weighted by Crippen LogP contribution is -1.94. The van der Waals surface area contributed by atoms with E-state index in [9.17, 15) is 0 Å². The van der Waals surface area contributed by atoms with Crippen molar-refractivity contribution in [3.63, 3.8) is 0 Å². The number of nitrogens with two attached hydrogens (primary N) is 1. The van der Waals surface area contributed by atoms with Crippen molar-refractivity contribution < 1.29 is 0 Å². The van der Waals surface area contributed by atoms with Gasteiger partial charge < -0.3 is 5.73 Å². The average molecular weight is 161 g/mol.